The molecule has 0 saturated heterocycles. The normalized spacial score (nSPS) is 11.6. The van der Waals surface area contributed by atoms with E-state index >= 15 is 0 Å². The second-order valence-electron chi connectivity index (χ2n) is 11.1. The molecule has 0 amide bonds. The highest BCUT2D eigenvalue weighted by molar-refractivity contribution is 7.87. The molecule has 6 aromatic carbocycles. The van der Waals surface area contributed by atoms with Crippen LogP contribution in [0.5, 0.6) is 0 Å². The van der Waals surface area contributed by atoms with Crippen LogP contribution >= 0.6 is 7.05 Å². The Labute approximate surface area is 267 Å². The van der Waals surface area contributed by atoms with Crippen molar-refractivity contribution < 1.29 is 0 Å². The van der Waals surface area contributed by atoms with Crippen LogP contribution in [0.1, 0.15) is 5.56 Å². The minimum Gasteiger partial charge on any atom is -0.350 e. The van der Waals surface area contributed by atoms with Crippen molar-refractivity contribution in [1.82, 2.24) is 19.4 Å². The van der Waals surface area contributed by atoms with Crippen molar-refractivity contribution in [3.8, 4) is 5.69 Å². The van der Waals surface area contributed by atoms with E-state index in [4.69, 9.17) is 14.9 Å². The van der Waals surface area contributed by atoms with Gasteiger partial charge >= 0.3 is 0 Å². The molecule has 0 radical (unpaired) electrons. The maximum atomic E-state index is 5.89. The number of para-hydroxylation sites is 1. The van der Waals surface area contributed by atoms with Crippen molar-refractivity contribution in [3.63, 3.8) is 0 Å². The summed E-state index contributed by atoms with van der Waals surface area (Å²) in [5, 5.41) is 18.0. The highest BCUT2D eigenvalue weighted by Gasteiger charge is 2.28. The van der Waals surface area contributed by atoms with Crippen LogP contribution in [-0.4, -0.2) is 19.4 Å². The number of fused-ring (bicyclic) bond motifs is 3. The lowest BCUT2D eigenvalue weighted by Gasteiger charge is -2.27. The molecule has 0 atom stereocenters. The number of hydrogen-bond donors (Lipinski definition) is 1. The molecule has 46 heavy (non-hydrogen) atoms. The third-order valence-corrected chi connectivity index (χ3v) is 11.9. The Morgan fingerprint density at radius 2 is 1.07 bits per heavy atom. The van der Waals surface area contributed by atoms with Gasteiger partial charge in [-0.1, -0.05) is 146 Å². The molecule has 0 saturated carbocycles. The van der Waals surface area contributed by atoms with E-state index in [1.165, 1.54) is 21.5 Å². The molecule has 0 aliphatic heterocycles. The van der Waals surface area contributed by atoms with Crippen molar-refractivity contribution >= 4 is 51.2 Å². The van der Waals surface area contributed by atoms with Crippen molar-refractivity contribution in [2.75, 3.05) is 5.32 Å². The van der Waals surface area contributed by atoms with E-state index in [0.29, 0.717) is 12.5 Å². The molecule has 222 valence electrons. The molecule has 0 aliphatic rings. The summed E-state index contributed by atoms with van der Waals surface area (Å²) in [5.74, 6) is 0.697. The minimum atomic E-state index is -2.53. The van der Waals surface area contributed by atoms with Crippen LogP contribution in [-0.2, 0) is 6.54 Å². The van der Waals surface area contributed by atoms with E-state index < -0.39 is 7.05 Å². The zero-order chi connectivity index (χ0) is 30.8. The van der Waals surface area contributed by atoms with Crippen LogP contribution in [0.2, 0.25) is 0 Å². The van der Waals surface area contributed by atoms with Gasteiger partial charge in [0.1, 0.15) is 0 Å². The highest BCUT2D eigenvalue weighted by atomic mass is 31.2. The molecule has 6 nitrogen and oxygen atoms in total. The van der Waals surface area contributed by atoms with Gasteiger partial charge in [0.05, 0.1) is 23.9 Å². The molecule has 8 rings (SSSR count). The average Bonchev–Trinajstić information content (AvgIpc) is 3.67. The molecule has 2 aromatic heterocycles. The van der Waals surface area contributed by atoms with Gasteiger partial charge in [-0.3, -0.25) is 9.31 Å². The quantitative estimate of drug-likeness (QED) is 0.176. The van der Waals surface area contributed by atoms with Gasteiger partial charge in [0.25, 0.3) is 0 Å². The topological polar surface area (TPSA) is 59.5 Å². The van der Waals surface area contributed by atoms with Crippen molar-refractivity contribution in [2.24, 2.45) is 4.74 Å². The molecule has 0 aliphatic carbocycles. The number of anilines is 1. The Balaban J connectivity index is 1.43. The van der Waals surface area contributed by atoms with Gasteiger partial charge < -0.3 is 5.32 Å². The number of nitrogens with one attached hydrogen (secondary N) is 1. The van der Waals surface area contributed by atoms with Gasteiger partial charge in [0.15, 0.2) is 5.65 Å². The average molecular weight is 615 g/mol. The summed E-state index contributed by atoms with van der Waals surface area (Å²) in [6.45, 7) is 0.618. The molecule has 0 spiro atoms. The number of rotatable bonds is 8. The molecular weight excluding hydrogens is 583 g/mol. The van der Waals surface area contributed by atoms with Gasteiger partial charge in [-0.25, -0.2) is 0 Å². The number of hydrogen-bond acceptors (Lipinski definition) is 4. The Bertz CT molecular complexity index is 2210. The van der Waals surface area contributed by atoms with E-state index in [9.17, 15) is 0 Å². The Kier molecular flexibility index (Phi) is 7.25. The molecule has 2 heterocycles. The van der Waals surface area contributed by atoms with Crippen molar-refractivity contribution in [3.05, 3.63) is 175 Å². The molecule has 0 fully saturated rings. The molecule has 7 heteroatoms. The first-order valence-corrected chi connectivity index (χ1v) is 17.1. The van der Waals surface area contributed by atoms with Gasteiger partial charge in [-0.2, -0.15) is 0 Å². The fourth-order valence-corrected chi connectivity index (χ4v) is 9.64. The maximum Gasteiger partial charge on any atom is 0.229 e. The van der Waals surface area contributed by atoms with E-state index in [1.807, 2.05) is 24.3 Å². The molecule has 8 aromatic rings. The summed E-state index contributed by atoms with van der Waals surface area (Å²) in [5.41, 5.74) is 4.75. The summed E-state index contributed by atoms with van der Waals surface area (Å²) >= 11 is 0. The van der Waals surface area contributed by atoms with E-state index in [-0.39, 0.29) is 0 Å². The first-order valence-electron chi connectivity index (χ1n) is 15.3. The Hall–Kier alpha value is -5.71. The molecule has 1 N–H and O–H groups in total. The van der Waals surface area contributed by atoms with Crippen LogP contribution in [0.15, 0.2) is 175 Å². The SMILES string of the molecule is c1ccc(CNc2nn3nc4ccccc4c3n2-c2ccccc2N=P(c2ccccc2)(c2ccccc2)c2ccccc2)cc1. The highest BCUT2D eigenvalue weighted by Crippen LogP contribution is 2.50. The fraction of sp³-hybridized carbons (Fsp3) is 0.0256. The van der Waals surface area contributed by atoms with E-state index in [1.54, 1.807) is 4.63 Å². The predicted molar refractivity (Wildman–Crippen MR) is 191 cm³/mol. The standard InChI is InChI=1S/C39H31N6P/c1-5-17-30(18-6-1)29-40-39-42-45-38(34-25-13-14-26-35(34)41-45)44(39)37-28-16-15-27-36(37)43-46(31-19-7-2-8-20-31,32-21-9-3-10-22-32)33-23-11-4-12-24-33/h1-28H,29H2,(H,40,42). The zero-order valence-electron chi connectivity index (χ0n) is 25.1. The van der Waals surface area contributed by atoms with Gasteiger partial charge in [0.2, 0.25) is 5.95 Å². The monoisotopic (exact) mass is 614 g/mol. The summed E-state index contributed by atoms with van der Waals surface area (Å²) in [6, 6.07) is 59.1. The minimum absolute atomic E-state index is 0.618. The van der Waals surface area contributed by atoms with Crippen LogP contribution in [0.4, 0.5) is 11.6 Å². The van der Waals surface area contributed by atoms with Gasteiger partial charge in [-0.05, 0) is 29.8 Å². The number of benzene rings is 6. The summed E-state index contributed by atoms with van der Waals surface area (Å²) in [4.78, 5) is 0. The van der Waals surface area contributed by atoms with Crippen molar-refractivity contribution in [1.29, 1.82) is 0 Å². The lowest BCUT2D eigenvalue weighted by molar-refractivity contribution is 0.833. The summed E-state index contributed by atoms with van der Waals surface area (Å²) in [7, 11) is -2.53. The van der Waals surface area contributed by atoms with Crippen LogP contribution in [0.3, 0.4) is 0 Å². The molecular formula is C39H31N6P. The van der Waals surface area contributed by atoms with Gasteiger partial charge in [-0.15, -0.1) is 14.8 Å². The lowest BCUT2D eigenvalue weighted by Crippen LogP contribution is -2.25. The second-order valence-corrected chi connectivity index (χ2v) is 14.1. The Morgan fingerprint density at radius 3 is 1.70 bits per heavy atom. The fourth-order valence-electron chi connectivity index (χ4n) is 6.09. The number of aromatic nitrogens is 4. The molecule has 0 unspecified atom stereocenters. The van der Waals surface area contributed by atoms with Gasteiger partial charge in [0, 0.05) is 27.8 Å². The first kappa shape index (κ1) is 27.8. The second kappa shape index (κ2) is 12.0. The first-order chi connectivity index (χ1) is 22.8. The molecule has 0 bridgehead atoms. The number of nitrogens with zero attached hydrogens (tertiary/aromatic N) is 5. The third kappa shape index (κ3) is 4.90. The summed E-state index contributed by atoms with van der Waals surface area (Å²) < 4.78 is 9.80. The lowest BCUT2D eigenvalue weighted by atomic mass is 10.2. The third-order valence-electron chi connectivity index (χ3n) is 8.21. The van der Waals surface area contributed by atoms with Crippen molar-refractivity contribution in [2.45, 2.75) is 6.54 Å². The Morgan fingerprint density at radius 1 is 0.543 bits per heavy atom. The van der Waals surface area contributed by atoms with Crippen LogP contribution in [0.25, 0.3) is 22.2 Å². The predicted octanol–water partition coefficient (Wildman–Crippen LogP) is 8.09. The maximum absolute atomic E-state index is 5.89. The van der Waals surface area contributed by atoms with E-state index in [2.05, 4.69) is 155 Å². The van der Waals surface area contributed by atoms with Crippen LogP contribution in [0, 0.1) is 0 Å². The zero-order valence-corrected chi connectivity index (χ0v) is 26.0. The van der Waals surface area contributed by atoms with E-state index in [0.717, 1.165) is 27.9 Å². The summed E-state index contributed by atoms with van der Waals surface area (Å²) in [6.07, 6.45) is 0. The smallest absolute Gasteiger partial charge is 0.229 e. The largest absolute Gasteiger partial charge is 0.350 e. The van der Waals surface area contributed by atoms with Crippen LogP contribution < -0.4 is 21.2 Å².